The van der Waals surface area contributed by atoms with Crippen molar-refractivity contribution in [3.05, 3.63) is 102 Å². The van der Waals surface area contributed by atoms with E-state index in [0.717, 1.165) is 10.9 Å². The first-order valence-electron chi connectivity index (χ1n) is 10.1. The van der Waals surface area contributed by atoms with Gasteiger partial charge in [-0.2, -0.15) is 0 Å². The number of aromatic amines is 1. The molecular formula is C25H19FN4O2. The summed E-state index contributed by atoms with van der Waals surface area (Å²) in [5.41, 5.74) is 3.07. The molecule has 0 radical (unpaired) electrons. The second kappa shape index (κ2) is 7.77. The van der Waals surface area contributed by atoms with Gasteiger partial charge in [0.25, 0.3) is 11.8 Å². The summed E-state index contributed by atoms with van der Waals surface area (Å²) in [7, 11) is 1.62. The van der Waals surface area contributed by atoms with Crippen molar-refractivity contribution in [1.29, 1.82) is 0 Å². The van der Waals surface area contributed by atoms with Gasteiger partial charge in [-0.25, -0.2) is 9.38 Å². The zero-order chi connectivity index (χ0) is 22.2. The summed E-state index contributed by atoms with van der Waals surface area (Å²) in [6.07, 6.45) is 0.578. The first-order valence-corrected chi connectivity index (χ1v) is 10.1. The molecule has 5 rings (SSSR count). The molecule has 0 fully saturated rings. The Hall–Kier alpha value is -4.26. The third-order valence-electron chi connectivity index (χ3n) is 5.56. The van der Waals surface area contributed by atoms with Crippen molar-refractivity contribution in [2.75, 3.05) is 11.9 Å². The molecule has 2 amide bonds. The maximum absolute atomic E-state index is 14.7. The number of H-pyrrole nitrogens is 1. The molecule has 7 heteroatoms. The van der Waals surface area contributed by atoms with Gasteiger partial charge in [0, 0.05) is 40.8 Å². The summed E-state index contributed by atoms with van der Waals surface area (Å²) >= 11 is 0. The third kappa shape index (κ3) is 3.33. The summed E-state index contributed by atoms with van der Waals surface area (Å²) in [5.74, 6) is -1.32. The number of carbonyl (C=O) groups is 2. The number of nitrogens with one attached hydrogen (secondary N) is 2. The lowest BCUT2D eigenvalue weighted by molar-refractivity contribution is -0.119. The van der Waals surface area contributed by atoms with Crippen molar-refractivity contribution in [2.24, 2.45) is 4.99 Å². The lowest BCUT2D eigenvalue weighted by Gasteiger charge is -2.20. The van der Waals surface area contributed by atoms with Gasteiger partial charge in [0.05, 0.1) is 11.4 Å². The molecule has 32 heavy (non-hydrogen) atoms. The largest absolute Gasteiger partial charge is 0.361 e. The van der Waals surface area contributed by atoms with Crippen LogP contribution in [0.4, 0.5) is 10.1 Å². The number of carbonyl (C=O) groups excluding carboxylic acids is 2. The number of rotatable bonds is 3. The highest BCUT2D eigenvalue weighted by molar-refractivity contribution is 6.20. The van der Waals surface area contributed by atoms with Gasteiger partial charge in [0.1, 0.15) is 5.82 Å². The fourth-order valence-electron chi connectivity index (χ4n) is 3.89. The molecule has 0 saturated heterocycles. The number of nitrogens with zero attached hydrogens (tertiary/aromatic N) is 2. The van der Waals surface area contributed by atoms with E-state index < -0.39 is 23.8 Å². The van der Waals surface area contributed by atoms with E-state index in [9.17, 15) is 14.0 Å². The summed E-state index contributed by atoms with van der Waals surface area (Å²) < 4.78 is 14.7. The van der Waals surface area contributed by atoms with Gasteiger partial charge in [-0.05, 0) is 42.5 Å². The van der Waals surface area contributed by atoms with Gasteiger partial charge >= 0.3 is 0 Å². The van der Waals surface area contributed by atoms with Crippen molar-refractivity contribution in [3.63, 3.8) is 0 Å². The Kier molecular flexibility index (Phi) is 4.78. The van der Waals surface area contributed by atoms with Gasteiger partial charge in [-0.1, -0.05) is 30.3 Å². The van der Waals surface area contributed by atoms with E-state index in [-0.39, 0.29) is 5.56 Å². The summed E-state index contributed by atoms with van der Waals surface area (Å²) in [4.78, 5) is 35.3. The van der Waals surface area contributed by atoms with E-state index in [2.05, 4.69) is 15.3 Å². The molecule has 0 aliphatic carbocycles. The predicted octanol–water partition coefficient (Wildman–Crippen LogP) is 3.88. The number of benzene rings is 3. The molecule has 1 aliphatic heterocycles. The highest BCUT2D eigenvalue weighted by Gasteiger charge is 2.31. The molecule has 2 heterocycles. The zero-order valence-electron chi connectivity index (χ0n) is 17.2. The van der Waals surface area contributed by atoms with E-state index in [4.69, 9.17) is 0 Å². The Morgan fingerprint density at radius 2 is 1.78 bits per heavy atom. The summed E-state index contributed by atoms with van der Waals surface area (Å²) in [6.45, 7) is 0. The lowest BCUT2D eigenvalue weighted by atomic mass is 10.00. The molecule has 2 N–H and O–H groups in total. The SMILES string of the molecule is CN1C(=O)C(NC(=O)c2ccc3[nH]ccc3c2)N=C(c2ccccc2F)c2ccccc21. The molecule has 0 bridgehead atoms. The minimum absolute atomic E-state index is 0.260. The lowest BCUT2D eigenvalue weighted by Crippen LogP contribution is -2.46. The minimum Gasteiger partial charge on any atom is -0.361 e. The number of aliphatic imine (C=N–C) groups is 1. The Morgan fingerprint density at radius 1 is 1.03 bits per heavy atom. The van der Waals surface area contributed by atoms with Crippen molar-refractivity contribution in [2.45, 2.75) is 6.17 Å². The molecule has 3 aromatic carbocycles. The van der Waals surface area contributed by atoms with Gasteiger partial charge in [0.2, 0.25) is 6.17 Å². The van der Waals surface area contributed by atoms with E-state index in [1.165, 1.54) is 11.0 Å². The molecule has 4 aromatic rings. The number of benzodiazepines with no additional fused rings is 1. The van der Waals surface area contributed by atoms with E-state index in [1.807, 2.05) is 6.07 Å². The molecular weight excluding hydrogens is 407 g/mol. The van der Waals surface area contributed by atoms with E-state index in [1.54, 1.807) is 73.9 Å². The molecule has 158 valence electrons. The molecule has 6 nitrogen and oxygen atoms in total. The normalized spacial score (nSPS) is 15.8. The van der Waals surface area contributed by atoms with Crippen LogP contribution in [-0.2, 0) is 4.79 Å². The van der Waals surface area contributed by atoms with E-state index in [0.29, 0.717) is 22.5 Å². The molecule has 1 unspecified atom stereocenters. The Balaban J connectivity index is 1.58. The fraction of sp³-hybridized carbons (Fsp3) is 0.0800. The van der Waals surface area contributed by atoms with Crippen molar-refractivity contribution >= 4 is 34.1 Å². The number of fused-ring (bicyclic) bond motifs is 2. The van der Waals surface area contributed by atoms with Crippen LogP contribution in [0.2, 0.25) is 0 Å². The van der Waals surface area contributed by atoms with Crippen LogP contribution in [0.1, 0.15) is 21.5 Å². The van der Waals surface area contributed by atoms with Crippen LogP contribution < -0.4 is 10.2 Å². The van der Waals surface area contributed by atoms with Crippen molar-refractivity contribution in [1.82, 2.24) is 10.3 Å². The molecule has 0 saturated carbocycles. The number of hydrogen-bond acceptors (Lipinski definition) is 3. The maximum atomic E-state index is 14.7. The highest BCUT2D eigenvalue weighted by Crippen LogP contribution is 2.28. The maximum Gasteiger partial charge on any atom is 0.272 e. The Morgan fingerprint density at radius 3 is 2.59 bits per heavy atom. The smallest absolute Gasteiger partial charge is 0.272 e. The number of likely N-dealkylation sites (N-methyl/N-ethyl adjacent to an activating group) is 1. The monoisotopic (exact) mass is 426 g/mol. The van der Waals surface area contributed by atoms with E-state index >= 15 is 0 Å². The topological polar surface area (TPSA) is 77.6 Å². The van der Waals surface area contributed by atoms with Gasteiger partial charge in [0.15, 0.2) is 0 Å². The first-order chi connectivity index (χ1) is 15.5. The fourth-order valence-corrected chi connectivity index (χ4v) is 3.89. The van der Waals surface area contributed by atoms with Crippen LogP contribution in [0, 0.1) is 5.82 Å². The van der Waals surface area contributed by atoms with Crippen LogP contribution in [0.5, 0.6) is 0 Å². The van der Waals surface area contributed by atoms with Gasteiger partial charge < -0.3 is 15.2 Å². The second-order valence-corrected chi connectivity index (χ2v) is 7.53. The highest BCUT2D eigenvalue weighted by atomic mass is 19.1. The number of amides is 2. The summed E-state index contributed by atoms with van der Waals surface area (Å²) in [6, 6.07) is 20.5. The first kappa shape index (κ1) is 19.7. The quantitative estimate of drug-likeness (QED) is 0.522. The minimum atomic E-state index is -1.21. The van der Waals surface area contributed by atoms with Crippen LogP contribution in [0.25, 0.3) is 10.9 Å². The van der Waals surface area contributed by atoms with Crippen LogP contribution >= 0.6 is 0 Å². The third-order valence-corrected chi connectivity index (χ3v) is 5.56. The van der Waals surface area contributed by atoms with Crippen molar-refractivity contribution in [3.8, 4) is 0 Å². The molecule has 1 aromatic heterocycles. The van der Waals surface area contributed by atoms with Crippen LogP contribution in [-0.4, -0.2) is 35.7 Å². The number of halogens is 1. The predicted molar refractivity (Wildman–Crippen MR) is 121 cm³/mol. The number of para-hydroxylation sites is 1. The Labute approximate surface area is 183 Å². The average molecular weight is 426 g/mol. The van der Waals surface area contributed by atoms with Gasteiger partial charge in [-0.15, -0.1) is 0 Å². The standard InChI is InChI=1S/C25H19FN4O2/c1-30-21-9-5-3-7-18(21)22(17-6-2-4-8-19(17)26)28-23(25(30)32)29-24(31)16-10-11-20-15(14-16)12-13-27-20/h2-14,23,27H,1H3,(H,29,31). The zero-order valence-corrected chi connectivity index (χ0v) is 17.2. The molecule has 1 aliphatic rings. The number of hydrogen-bond donors (Lipinski definition) is 2. The second-order valence-electron chi connectivity index (χ2n) is 7.53. The number of aromatic nitrogens is 1. The Bertz CT molecular complexity index is 1390. The van der Waals surface area contributed by atoms with Crippen molar-refractivity contribution < 1.29 is 14.0 Å². The van der Waals surface area contributed by atoms with Gasteiger partial charge in [-0.3, -0.25) is 9.59 Å². The summed E-state index contributed by atoms with van der Waals surface area (Å²) in [5, 5.41) is 3.60. The van der Waals surface area contributed by atoms with Crippen LogP contribution in [0.3, 0.4) is 0 Å². The molecule has 0 spiro atoms. The van der Waals surface area contributed by atoms with Crippen LogP contribution in [0.15, 0.2) is 84.0 Å². The average Bonchev–Trinajstić information content (AvgIpc) is 3.26. The number of anilines is 1. The molecule has 1 atom stereocenters.